The highest BCUT2D eigenvalue weighted by Crippen LogP contribution is 2.17. The minimum absolute atomic E-state index is 0.0123. The van der Waals surface area contributed by atoms with Crippen LogP contribution in [0.5, 0.6) is 0 Å². The minimum atomic E-state index is -0.665. The number of rotatable bonds is 52. The topological polar surface area (TPSA) is 95.9 Å². The van der Waals surface area contributed by atoms with E-state index >= 15 is 0 Å². The average Bonchev–Trinajstić information content (AvgIpc) is 3.27. The Labute approximate surface area is 387 Å². The number of esters is 1. The molecule has 2 atom stereocenters. The molecule has 0 spiro atoms. The van der Waals surface area contributed by atoms with Gasteiger partial charge in [-0.05, 0) is 51.4 Å². The Bertz CT molecular complexity index is 924. The van der Waals surface area contributed by atoms with Crippen molar-refractivity contribution in [3.63, 3.8) is 0 Å². The van der Waals surface area contributed by atoms with E-state index in [0.717, 1.165) is 38.5 Å². The van der Waals surface area contributed by atoms with Gasteiger partial charge in [-0.1, -0.05) is 257 Å². The molecule has 368 valence electrons. The third kappa shape index (κ3) is 48.1. The van der Waals surface area contributed by atoms with Gasteiger partial charge in [0.15, 0.2) is 0 Å². The van der Waals surface area contributed by atoms with Gasteiger partial charge in [0.1, 0.15) is 0 Å². The lowest BCUT2D eigenvalue weighted by molar-refractivity contribution is -0.143. The summed E-state index contributed by atoms with van der Waals surface area (Å²) in [5.74, 6) is -0.0314. The highest BCUT2D eigenvalue weighted by atomic mass is 16.5. The van der Waals surface area contributed by atoms with Gasteiger partial charge in [0.2, 0.25) is 5.91 Å². The zero-order valence-electron chi connectivity index (χ0n) is 41.9. The van der Waals surface area contributed by atoms with E-state index in [9.17, 15) is 19.8 Å². The van der Waals surface area contributed by atoms with E-state index in [1.165, 1.54) is 238 Å². The van der Waals surface area contributed by atoms with Crippen LogP contribution in [0.15, 0.2) is 12.2 Å². The SMILES string of the molecule is CCCCCCCCCCCCCCCCC(=O)OCCCCCCCCCCCCC/C=C\CCCCCCCCCC(=O)NC(CO)C(O)CCCCCCCCCCC. The molecular weight excluding hydrogens is 767 g/mol. The molecule has 0 rings (SSSR count). The number of aliphatic hydroxyl groups is 2. The number of amides is 1. The van der Waals surface area contributed by atoms with E-state index in [1.807, 2.05) is 0 Å². The van der Waals surface area contributed by atoms with Crippen LogP contribution in [0.4, 0.5) is 0 Å². The number of allylic oxidation sites excluding steroid dienone is 2. The summed E-state index contributed by atoms with van der Waals surface area (Å²) in [5.41, 5.74) is 0. The molecule has 1 amide bonds. The monoisotopic (exact) mass is 876 g/mol. The van der Waals surface area contributed by atoms with Gasteiger partial charge >= 0.3 is 5.97 Å². The van der Waals surface area contributed by atoms with Gasteiger partial charge in [0.05, 0.1) is 25.4 Å². The molecule has 0 fully saturated rings. The lowest BCUT2D eigenvalue weighted by atomic mass is 10.0. The predicted octanol–water partition coefficient (Wildman–Crippen LogP) is 16.9. The summed E-state index contributed by atoms with van der Waals surface area (Å²) in [4.78, 5) is 24.4. The number of carbonyl (C=O) groups excluding carboxylic acids is 2. The molecule has 0 bridgehead atoms. The van der Waals surface area contributed by atoms with E-state index in [2.05, 4.69) is 31.3 Å². The van der Waals surface area contributed by atoms with Crippen LogP contribution in [0, 0.1) is 0 Å². The third-order valence-electron chi connectivity index (χ3n) is 13.1. The van der Waals surface area contributed by atoms with E-state index < -0.39 is 12.1 Å². The van der Waals surface area contributed by atoms with Crippen molar-refractivity contribution in [2.75, 3.05) is 13.2 Å². The fraction of sp³-hybridized carbons (Fsp3) is 0.929. The van der Waals surface area contributed by atoms with Crippen molar-refractivity contribution in [2.24, 2.45) is 0 Å². The summed E-state index contributed by atoms with van der Waals surface area (Å²) in [6.07, 6.45) is 60.7. The van der Waals surface area contributed by atoms with Crippen molar-refractivity contribution < 1.29 is 24.5 Å². The van der Waals surface area contributed by atoms with Crippen LogP contribution in [-0.2, 0) is 14.3 Å². The Hall–Kier alpha value is -1.40. The second kappa shape index (κ2) is 52.2. The molecule has 0 radical (unpaired) electrons. The van der Waals surface area contributed by atoms with Crippen molar-refractivity contribution in [2.45, 2.75) is 321 Å². The van der Waals surface area contributed by atoms with Gasteiger partial charge in [0, 0.05) is 12.8 Å². The van der Waals surface area contributed by atoms with Gasteiger partial charge in [-0.25, -0.2) is 0 Å². The summed E-state index contributed by atoms with van der Waals surface area (Å²) in [7, 11) is 0. The second-order valence-electron chi connectivity index (χ2n) is 19.3. The lowest BCUT2D eigenvalue weighted by Crippen LogP contribution is -2.45. The van der Waals surface area contributed by atoms with Crippen molar-refractivity contribution >= 4 is 11.9 Å². The summed E-state index contributed by atoms with van der Waals surface area (Å²) in [6, 6.07) is -0.543. The van der Waals surface area contributed by atoms with E-state index in [-0.39, 0.29) is 18.5 Å². The number of hydrogen-bond acceptors (Lipinski definition) is 5. The molecule has 2 unspecified atom stereocenters. The Balaban J connectivity index is 3.37. The standard InChI is InChI=1S/C56H109NO5/c1-3-5-7-9-11-13-14-15-27-30-34-38-42-46-50-56(61)62-51-47-43-39-35-31-28-25-23-21-19-17-16-18-20-22-24-26-29-33-37-41-45-49-55(60)57-53(52-58)54(59)48-44-40-36-32-12-10-8-6-4-2/h18,20,53-54,58-59H,3-17,19,21-52H2,1-2H3,(H,57,60)/b20-18-. The molecule has 0 aliphatic heterocycles. The maximum absolute atomic E-state index is 12.4. The maximum Gasteiger partial charge on any atom is 0.305 e. The number of aliphatic hydroxyl groups excluding tert-OH is 2. The third-order valence-corrected chi connectivity index (χ3v) is 13.1. The summed E-state index contributed by atoms with van der Waals surface area (Å²) in [5, 5.41) is 23.1. The second-order valence-corrected chi connectivity index (χ2v) is 19.3. The summed E-state index contributed by atoms with van der Waals surface area (Å²) >= 11 is 0. The van der Waals surface area contributed by atoms with Gasteiger partial charge < -0.3 is 20.3 Å². The van der Waals surface area contributed by atoms with Crippen molar-refractivity contribution in [1.29, 1.82) is 0 Å². The van der Waals surface area contributed by atoms with Gasteiger partial charge in [-0.15, -0.1) is 0 Å². The lowest BCUT2D eigenvalue weighted by Gasteiger charge is -2.22. The van der Waals surface area contributed by atoms with Crippen molar-refractivity contribution in [3.8, 4) is 0 Å². The molecule has 0 aromatic carbocycles. The molecule has 3 N–H and O–H groups in total. The van der Waals surface area contributed by atoms with Crippen LogP contribution in [0.1, 0.15) is 309 Å². The smallest absolute Gasteiger partial charge is 0.305 e. The van der Waals surface area contributed by atoms with Crippen molar-refractivity contribution in [1.82, 2.24) is 5.32 Å². The first-order valence-electron chi connectivity index (χ1n) is 27.9. The summed E-state index contributed by atoms with van der Waals surface area (Å²) in [6.45, 7) is 4.94. The first-order valence-corrected chi connectivity index (χ1v) is 27.9. The van der Waals surface area contributed by atoms with Crippen molar-refractivity contribution in [3.05, 3.63) is 12.2 Å². The number of carbonyl (C=O) groups is 2. The Morgan fingerprint density at radius 1 is 0.435 bits per heavy atom. The Morgan fingerprint density at radius 2 is 0.758 bits per heavy atom. The highest BCUT2D eigenvalue weighted by molar-refractivity contribution is 5.76. The fourth-order valence-electron chi connectivity index (χ4n) is 8.75. The maximum atomic E-state index is 12.4. The van der Waals surface area contributed by atoms with Crippen LogP contribution >= 0.6 is 0 Å². The quantitative estimate of drug-likeness (QED) is 0.0321. The fourth-order valence-corrected chi connectivity index (χ4v) is 8.75. The average molecular weight is 876 g/mol. The summed E-state index contributed by atoms with van der Waals surface area (Å²) < 4.78 is 5.48. The first kappa shape index (κ1) is 60.6. The zero-order chi connectivity index (χ0) is 45.1. The molecule has 62 heavy (non-hydrogen) atoms. The largest absolute Gasteiger partial charge is 0.466 e. The van der Waals surface area contributed by atoms with E-state index in [4.69, 9.17) is 4.74 Å². The number of unbranched alkanes of at least 4 members (excludes halogenated alkanes) is 39. The molecule has 0 saturated carbocycles. The van der Waals surface area contributed by atoms with E-state index in [1.54, 1.807) is 0 Å². The zero-order valence-corrected chi connectivity index (χ0v) is 41.9. The van der Waals surface area contributed by atoms with Gasteiger partial charge in [-0.2, -0.15) is 0 Å². The molecule has 0 aliphatic carbocycles. The van der Waals surface area contributed by atoms with E-state index in [0.29, 0.717) is 25.9 Å². The molecule has 0 aliphatic rings. The molecule has 0 aromatic heterocycles. The Kier molecular flexibility index (Phi) is 51.0. The predicted molar refractivity (Wildman–Crippen MR) is 269 cm³/mol. The van der Waals surface area contributed by atoms with Crippen LogP contribution in [0.25, 0.3) is 0 Å². The number of ether oxygens (including phenoxy) is 1. The Morgan fingerprint density at radius 3 is 1.15 bits per heavy atom. The molecule has 6 heteroatoms. The molecule has 0 heterocycles. The normalized spacial score (nSPS) is 12.6. The first-order chi connectivity index (χ1) is 30.5. The minimum Gasteiger partial charge on any atom is -0.466 e. The molecule has 6 nitrogen and oxygen atoms in total. The van der Waals surface area contributed by atoms with Gasteiger partial charge in [-0.3, -0.25) is 9.59 Å². The highest BCUT2D eigenvalue weighted by Gasteiger charge is 2.20. The van der Waals surface area contributed by atoms with Gasteiger partial charge in [0.25, 0.3) is 0 Å². The molecule has 0 saturated heterocycles. The number of hydrogen-bond donors (Lipinski definition) is 3. The molecular formula is C56H109NO5. The van der Waals surface area contributed by atoms with Crippen LogP contribution in [0.3, 0.4) is 0 Å². The van der Waals surface area contributed by atoms with Crippen LogP contribution in [0.2, 0.25) is 0 Å². The van der Waals surface area contributed by atoms with Crippen LogP contribution in [-0.4, -0.2) is 47.4 Å². The number of nitrogens with one attached hydrogen (secondary N) is 1. The van der Waals surface area contributed by atoms with Crippen LogP contribution < -0.4 is 5.32 Å². The molecule has 0 aromatic rings.